The van der Waals surface area contributed by atoms with Crippen LogP contribution in [0.15, 0.2) is 30.3 Å². The molecule has 1 amide bonds. The Kier molecular flexibility index (Phi) is 7.98. The lowest BCUT2D eigenvalue weighted by atomic mass is 9.98. The van der Waals surface area contributed by atoms with Gasteiger partial charge in [-0.25, -0.2) is 4.79 Å². The van der Waals surface area contributed by atoms with E-state index in [1.54, 1.807) is 52.0 Å². The van der Waals surface area contributed by atoms with E-state index in [1.807, 2.05) is 6.07 Å². The predicted molar refractivity (Wildman–Crippen MR) is 103 cm³/mol. The predicted octanol–water partition coefficient (Wildman–Crippen LogP) is 0.457. The highest BCUT2D eigenvalue weighted by atomic mass is 16.7. The van der Waals surface area contributed by atoms with Gasteiger partial charge in [-0.3, -0.25) is 0 Å². The lowest BCUT2D eigenvalue weighted by Gasteiger charge is -2.41. The van der Waals surface area contributed by atoms with Crippen LogP contribution in [0.5, 0.6) is 0 Å². The second-order valence-corrected chi connectivity index (χ2v) is 8.10. The summed E-state index contributed by atoms with van der Waals surface area (Å²) in [5, 5.41) is 42.3. The summed E-state index contributed by atoms with van der Waals surface area (Å²) < 4.78 is 16.6. The number of carbonyl (C=O) groups excluding carboxylic acids is 1. The van der Waals surface area contributed by atoms with Crippen LogP contribution in [0.2, 0.25) is 0 Å². The molecule has 1 aliphatic heterocycles. The number of carbonyl (C=O) groups is 1. The van der Waals surface area contributed by atoms with Crippen LogP contribution in [0, 0.1) is 0 Å². The Hall–Kier alpha value is -1.75. The molecule has 0 bridgehead atoms. The minimum Gasteiger partial charge on any atom is -0.444 e. The average Bonchev–Trinajstić information content (AvgIpc) is 2.64. The maximum atomic E-state index is 12.2. The van der Waals surface area contributed by atoms with E-state index in [2.05, 4.69) is 5.32 Å². The highest BCUT2D eigenvalue weighted by molar-refractivity contribution is 5.68. The number of nitrogens with one attached hydrogen (secondary N) is 1. The second kappa shape index (κ2) is 9.84. The largest absolute Gasteiger partial charge is 0.444 e. The van der Waals surface area contributed by atoms with Crippen molar-refractivity contribution in [1.29, 1.82) is 0 Å². The molecule has 1 aliphatic rings. The van der Waals surface area contributed by atoms with Gasteiger partial charge in [0.25, 0.3) is 0 Å². The topological polar surface area (TPSA) is 138 Å². The SMILES string of the molecule is CC(NC(=O)OC(C)(C)C)C(O[C@@H]1O[C@H](CO)[C@H](O)[C@H](O)[C@H]1O)c1ccccc1. The van der Waals surface area contributed by atoms with Gasteiger partial charge in [-0.2, -0.15) is 0 Å². The van der Waals surface area contributed by atoms with Crippen molar-refractivity contribution in [2.24, 2.45) is 0 Å². The van der Waals surface area contributed by atoms with Gasteiger partial charge in [-0.05, 0) is 33.3 Å². The molecule has 1 saturated heterocycles. The molecule has 0 aliphatic carbocycles. The molecular weight excluding hydrogens is 382 g/mol. The van der Waals surface area contributed by atoms with E-state index < -0.39 is 61.2 Å². The van der Waals surface area contributed by atoms with Crippen LogP contribution in [0.4, 0.5) is 4.79 Å². The van der Waals surface area contributed by atoms with Crippen molar-refractivity contribution in [2.45, 2.75) is 76.1 Å². The smallest absolute Gasteiger partial charge is 0.407 e. The van der Waals surface area contributed by atoms with Crippen LogP contribution in [-0.4, -0.2) is 75.5 Å². The first kappa shape index (κ1) is 23.5. The number of ether oxygens (including phenoxy) is 3. The van der Waals surface area contributed by atoms with E-state index in [9.17, 15) is 25.2 Å². The Morgan fingerprint density at radius 1 is 1.14 bits per heavy atom. The maximum absolute atomic E-state index is 12.2. The third-order valence-corrected chi connectivity index (χ3v) is 4.46. The molecule has 0 radical (unpaired) electrons. The molecule has 164 valence electrons. The first-order chi connectivity index (χ1) is 13.5. The molecule has 9 nitrogen and oxygen atoms in total. The van der Waals surface area contributed by atoms with E-state index in [4.69, 9.17) is 14.2 Å². The van der Waals surface area contributed by atoms with E-state index in [1.165, 1.54) is 0 Å². The van der Waals surface area contributed by atoms with Gasteiger partial charge in [0.05, 0.1) is 12.6 Å². The number of alkyl carbamates (subject to hydrolysis) is 1. The standard InChI is InChI=1S/C20H31NO8/c1-11(21-19(26)29-20(2,3)4)17(12-8-6-5-7-9-12)28-18-16(25)15(24)14(23)13(10-22)27-18/h5-9,11,13-18,22-25H,10H2,1-4H3,(H,21,26)/t11?,13-,14+,15+,16-,17?,18+/m1/s1. The highest BCUT2D eigenvalue weighted by Crippen LogP contribution is 2.29. The van der Waals surface area contributed by atoms with Crippen LogP contribution in [-0.2, 0) is 14.2 Å². The van der Waals surface area contributed by atoms with E-state index >= 15 is 0 Å². The zero-order chi connectivity index (χ0) is 21.8. The number of hydrogen-bond acceptors (Lipinski definition) is 8. The molecule has 2 rings (SSSR count). The Morgan fingerprint density at radius 3 is 2.31 bits per heavy atom. The van der Waals surface area contributed by atoms with Crippen molar-refractivity contribution in [1.82, 2.24) is 5.32 Å². The Bertz CT molecular complexity index is 648. The molecule has 29 heavy (non-hydrogen) atoms. The maximum Gasteiger partial charge on any atom is 0.407 e. The molecule has 1 aromatic rings. The summed E-state index contributed by atoms with van der Waals surface area (Å²) in [6.45, 7) is 6.38. The third kappa shape index (κ3) is 6.36. The quantitative estimate of drug-likeness (QED) is 0.453. The lowest BCUT2D eigenvalue weighted by molar-refractivity contribution is -0.314. The minimum absolute atomic E-state index is 0.563. The summed E-state index contributed by atoms with van der Waals surface area (Å²) in [4.78, 5) is 12.2. The van der Waals surface area contributed by atoms with Gasteiger partial charge >= 0.3 is 6.09 Å². The average molecular weight is 413 g/mol. The van der Waals surface area contributed by atoms with E-state index in [0.29, 0.717) is 5.56 Å². The van der Waals surface area contributed by atoms with Crippen LogP contribution >= 0.6 is 0 Å². The normalized spacial score (nSPS) is 29.7. The fourth-order valence-corrected chi connectivity index (χ4v) is 3.02. The van der Waals surface area contributed by atoms with Crippen molar-refractivity contribution in [3.63, 3.8) is 0 Å². The fourth-order valence-electron chi connectivity index (χ4n) is 3.02. The summed E-state index contributed by atoms with van der Waals surface area (Å²) in [6.07, 6.45) is -8.43. The summed E-state index contributed by atoms with van der Waals surface area (Å²) in [5.74, 6) is 0. The van der Waals surface area contributed by atoms with Gasteiger partial charge in [0.2, 0.25) is 0 Å². The third-order valence-electron chi connectivity index (χ3n) is 4.46. The van der Waals surface area contributed by atoms with Crippen molar-refractivity contribution >= 4 is 6.09 Å². The van der Waals surface area contributed by atoms with Crippen LogP contribution < -0.4 is 5.32 Å². The summed E-state index contributed by atoms with van der Waals surface area (Å²) in [5.41, 5.74) is 0.0116. The monoisotopic (exact) mass is 413 g/mol. The lowest BCUT2D eigenvalue weighted by Crippen LogP contribution is -2.59. The second-order valence-electron chi connectivity index (χ2n) is 8.10. The Morgan fingerprint density at radius 2 is 1.76 bits per heavy atom. The minimum atomic E-state index is -1.56. The molecule has 0 saturated carbocycles. The first-order valence-electron chi connectivity index (χ1n) is 9.54. The molecular formula is C20H31NO8. The number of benzene rings is 1. The Balaban J connectivity index is 2.19. The van der Waals surface area contributed by atoms with Gasteiger partial charge < -0.3 is 40.0 Å². The van der Waals surface area contributed by atoms with Crippen LogP contribution in [0.3, 0.4) is 0 Å². The van der Waals surface area contributed by atoms with Crippen LogP contribution in [0.1, 0.15) is 39.4 Å². The molecule has 9 heteroatoms. The zero-order valence-electron chi connectivity index (χ0n) is 17.1. The molecule has 0 aromatic heterocycles. The van der Waals surface area contributed by atoms with Gasteiger partial charge in [0.15, 0.2) is 6.29 Å². The van der Waals surface area contributed by atoms with Crippen molar-refractivity contribution in [3.8, 4) is 0 Å². The Labute approximate surface area is 170 Å². The fraction of sp³-hybridized carbons (Fsp3) is 0.650. The number of aliphatic hydroxyl groups excluding tert-OH is 4. The number of hydrogen-bond donors (Lipinski definition) is 5. The van der Waals surface area contributed by atoms with Crippen molar-refractivity contribution < 1.29 is 39.4 Å². The summed E-state index contributed by atoms with van der Waals surface area (Å²) in [6, 6.07) is 8.36. The number of rotatable bonds is 6. The molecule has 2 unspecified atom stereocenters. The highest BCUT2D eigenvalue weighted by Gasteiger charge is 2.45. The molecule has 1 fully saturated rings. The summed E-state index contributed by atoms with van der Waals surface area (Å²) in [7, 11) is 0. The van der Waals surface area contributed by atoms with Crippen molar-refractivity contribution in [2.75, 3.05) is 6.61 Å². The molecule has 7 atom stereocenters. The molecule has 1 heterocycles. The molecule has 5 N–H and O–H groups in total. The van der Waals surface area contributed by atoms with Gasteiger partial charge in [0, 0.05) is 0 Å². The molecule has 1 aromatic carbocycles. The molecule has 0 spiro atoms. The number of aliphatic hydroxyl groups is 4. The van der Waals surface area contributed by atoms with E-state index in [-0.39, 0.29) is 0 Å². The van der Waals surface area contributed by atoms with Crippen LogP contribution in [0.25, 0.3) is 0 Å². The number of amides is 1. The first-order valence-corrected chi connectivity index (χ1v) is 9.54. The van der Waals surface area contributed by atoms with E-state index in [0.717, 1.165) is 0 Å². The van der Waals surface area contributed by atoms with Gasteiger partial charge in [0.1, 0.15) is 36.1 Å². The summed E-state index contributed by atoms with van der Waals surface area (Å²) >= 11 is 0. The van der Waals surface area contributed by atoms with Gasteiger partial charge in [-0.15, -0.1) is 0 Å². The van der Waals surface area contributed by atoms with Gasteiger partial charge in [-0.1, -0.05) is 30.3 Å². The van der Waals surface area contributed by atoms with Crippen molar-refractivity contribution in [3.05, 3.63) is 35.9 Å². The zero-order valence-corrected chi connectivity index (χ0v) is 17.1.